The van der Waals surface area contributed by atoms with Crippen molar-refractivity contribution < 1.29 is 70.9 Å². The third-order valence-corrected chi connectivity index (χ3v) is 17.9. The molecule has 1 rings (SSSR count). The number of hydrogen-bond donors (Lipinski definition) is 12. The van der Waals surface area contributed by atoms with Gasteiger partial charge < -0.3 is 61.3 Å². The summed E-state index contributed by atoms with van der Waals surface area (Å²) in [6.07, 6.45) is 40.8. The lowest BCUT2D eigenvalue weighted by atomic mass is 9.99. The fraction of sp³-hybridized carbons (Fsp3) is 0.889. The third kappa shape index (κ3) is 45.9. The Kier molecular flexibility index (Phi) is 59.5. The summed E-state index contributed by atoms with van der Waals surface area (Å²) < 4.78 is 0. The zero-order valence-corrected chi connectivity index (χ0v) is 57.4. The second-order valence-corrected chi connectivity index (χ2v) is 26.1. The summed E-state index contributed by atoms with van der Waals surface area (Å²) in [4.78, 5) is 26.0. The molecule has 1 aromatic rings. The summed E-state index contributed by atoms with van der Waals surface area (Å²) in [7, 11) is 0. The summed E-state index contributed by atoms with van der Waals surface area (Å²) in [5.74, 6) is -3.45. The number of benzene rings is 1. The number of carbonyl (C=O) groups is 2. The van der Waals surface area contributed by atoms with Gasteiger partial charge in [0.15, 0.2) is 12.2 Å². The van der Waals surface area contributed by atoms with Gasteiger partial charge in [-0.1, -0.05) is 283 Å². The van der Waals surface area contributed by atoms with E-state index < -0.39 is 74.0 Å². The van der Waals surface area contributed by atoms with E-state index in [1.165, 1.54) is 257 Å². The maximum absolute atomic E-state index is 10.1. The number of carboxylic acid groups (broad SMARTS) is 2. The second kappa shape index (κ2) is 59.7. The van der Waals surface area contributed by atoms with Crippen LogP contribution in [0, 0.1) is 0 Å². The van der Waals surface area contributed by atoms with Gasteiger partial charge in [-0.2, -0.15) is 0 Å². The van der Waals surface area contributed by atoms with Crippen LogP contribution in [0.4, 0.5) is 0 Å². The molecule has 0 saturated carbocycles. The van der Waals surface area contributed by atoms with Crippen molar-refractivity contribution in [1.82, 2.24) is 9.80 Å². The molecule has 16 nitrogen and oxygen atoms in total. The molecule has 0 aromatic heterocycles. The van der Waals surface area contributed by atoms with Crippen LogP contribution >= 0.6 is 0 Å². The molecule has 4 unspecified atom stereocenters. The number of aliphatic carboxylic acids is 2. The molecule has 0 aliphatic carbocycles. The lowest BCUT2D eigenvalue weighted by Gasteiger charge is -2.36. The maximum Gasteiger partial charge on any atom is 0.335 e. The van der Waals surface area contributed by atoms with Crippen LogP contribution < -0.4 is 0 Å². The molecule has 0 fully saturated rings. The minimum absolute atomic E-state index is 0.640. The highest BCUT2D eigenvalue weighted by molar-refractivity contribution is 5.73. The van der Waals surface area contributed by atoms with Crippen LogP contribution in [0.2, 0.25) is 0 Å². The Balaban J connectivity index is 0. The summed E-state index contributed by atoms with van der Waals surface area (Å²) in [6.45, 7) is 20.1. The molecule has 0 aliphatic rings. The number of aliphatic hydroxyl groups is 10. The number of rotatable bonds is 58. The third-order valence-electron chi connectivity index (χ3n) is 17.9. The minimum atomic E-state index is -2.20. The van der Waals surface area contributed by atoms with E-state index in [1.54, 1.807) is 11.1 Å². The van der Waals surface area contributed by atoms with Crippen LogP contribution in [0.25, 0.3) is 0 Å². The van der Waals surface area contributed by atoms with Gasteiger partial charge in [-0.05, 0) is 64.5 Å². The number of hydrogen-bond acceptors (Lipinski definition) is 14. The Labute approximate surface area is 537 Å². The van der Waals surface area contributed by atoms with Crippen molar-refractivity contribution in [2.75, 3.05) is 13.2 Å². The molecule has 0 bridgehead atoms. The number of carboxylic acids is 2. The monoisotopic (exact) mass is 1260 g/mol. The summed E-state index contributed by atoms with van der Waals surface area (Å²) in [5.41, 5.74) is 3.08. The Morgan fingerprint density at radius 1 is 0.341 bits per heavy atom. The maximum atomic E-state index is 10.1. The van der Waals surface area contributed by atoms with Crippen molar-refractivity contribution in [3.05, 3.63) is 35.4 Å². The molecular weight excluding hydrogens is 1120 g/mol. The Morgan fingerprint density at radius 3 is 0.739 bits per heavy atom. The van der Waals surface area contributed by atoms with Crippen molar-refractivity contribution in [1.29, 1.82) is 0 Å². The first-order valence-corrected chi connectivity index (χ1v) is 35.9. The first kappa shape index (κ1) is 87.7. The van der Waals surface area contributed by atoms with Crippen LogP contribution in [0.1, 0.15) is 323 Å². The smallest absolute Gasteiger partial charge is 0.335 e. The SMILES string of the molecule is CCCCCCCCCCCC(C)N(Cc1cccc(CN(C(C)CCCCCCCCCCC)C(C)CCCCCCCCCCC)c1)C(C)CCCCCCCCCCC.O=C(O)[C@H](O)[C@@H](O)[C@H](O)[C@H](O)CO.O=C(O)[C@H](O)[C@@H](O)[C@H](O)[C@H](O)CO. The van der Waals surface area contributed by atoms with E-state index in [2.05, 4.69) is 89.5 Å². The highest BCUT2D eigenvalue weighted by Gasteiger charge is 2.35. The van der Waals surface area contributed by atoms with Gasteiger partial charge in [0, 0.05) is 37.3 Å². The number of unbranched alkanes of at least 4 members (excludes halogenated alkanes) is 32. The average Bonchev–Trinajstić information content (AvgIpc) is 3.69. The van der Waals surface area contributed by atoms with Crippen LogP contribution in [0.3, 0.4) is 0 Å². The van der Waals surface area contributed by atoms with E-state index in [4.69, 9.17) is 61.3 Å². The van der Waals surface area contributed by atoms with Crippen molar-refractivity contribution >= 4 is 11.9 Å². The Bertz CT molecular complexity index is 1530. The molecule has 12 atom stereocenters. The quantitative estimate of drug-likeness (QED) is 0.0270. The highest BCUT2D eigenvalue weighted by Crippen LogP contribution is 2.26. The van der Waals surface area contributed by atoms with Gasteiger partial charge in [0.25, 0.3) is 0 Å². The molecule has 0 heterocycles. The van der Waals surface area contributed by atoms with E-state index in [1.807, 2.05) is 0 Å². The van der Waals surface area contributed by atoms with E-state index in [-0.39, 0.29) is 0 Å². The van der Waals surface area contributed by atoms with Gasteiger partial charge >= 0.3 is 11.9 Å². The number of nitrogens with zero attached hydrogens (tertiary/aromatic N) is 2. The lowest BCUT2D eigenvalue weighted by Crippen LogP contribution is -2.48. The van der Waals surface area contributed by atoms with Crippen LogP contribution in [-0.2, 0) is 22.7 Å². The highest BCUT2D eigenvalue weighted by atomic mass is 16.4. The van der Waals surface area contributed by atoms with Crippen molar-refractivity contribution in [2.45, 2.75) is 398 Å². The van der Waals surface area contributed by atoms with Crippen LogP contribution in [0.15, 0.2) is 24.3 Å². The zero-order chi connectivity index (χ0) is 66.3. The van der Waals surface area contributed by atoms with Gasteiger partial charge in [0.2, 0.25) is 0 Å². The van der Waals surface area contributed by atoms with Crippen LogP contribution in [0.5, 0.6) is 0 Å². The molecule has 0 spiro atoms. The molecule has 0 saturated heterocycles. The predicted octanol–water partition coefficient (Wildman–Crippen LogP) is 13.5. The number of aliphatic hydroxyl groups excluding tert-OH is 10. The molecule has 522 valence electrons. The first-order valence-electron chi connectivity index (χ1n) is 35.9. The standard InChI is InChI=1S/C60H116N2.2C6H12O7/c1-9-13-17-21-25-29-33-37-41-46-55(5)61(56(6)47-42-38-34-30-26-22-18-14-10-2)53-59-50-45-51-60(52-59)54-62(57(7)48-43-39-35-31-27-23-19-15-11-3)58(8)49-44-40-36-32-28-24-20-16-12-4;2*7-1-2(8)3(9)4(10)5(11)6(12)13/h45,50-52,55-58H,9-44,46-49,53-54H2,1-8H3;2*2-5,7-11H,1H2,(H,12,13)/t;2*2-,3-,4+,5-/m.11/s1. The molecule has 0 radical (unpaired) electrons. The van der Waals surface area contributed by atoms with Gasteiger partial charge in [-0.25, -0.2) is 9.59 Å². The Morgan fingerprint density at radius 2 is 0.545 bits per heavy atom. The molecular formula is C72H140N2O14. The van der Waals surface area contributed by atoms with Gasteiger partial charge in [-0.15, -0.1) is 0 Å². The van der Waals surface area contributed by atoms with E-state index in [9.17, 15) is 9.59 Å². The van der Waals surface area contributed by atoms with Gasteiger partial charge in [0.05, 0.1) is 13.2 Å². The molecule has 12 N–H and O–H groups in total. The minimum Gasteiger partial charge on any atom is -0.479 e. The van der Waals surface area contributed by atoms with E-state index >= 15 is 0 Å². The largest absolute Gasteiger partial charge is 0.479 e. The van der Waals surface area contributed by atoms with Crippen molar-refractivity contribution in [3.63, 3.8) is 0 Å². The summed E-state index contributed by atoms with van der Waals surface area (Å²) in [6, 6.07) is 12.5. The van der Waals surface area contributed by atoms with Gasteiger partial charge in [0.1, 0.15) is 36.6 Å². The Hall–Kier alpha value is -2.32. The first-order chi connectivity index (χ1) is 42.2. The lowest BCUT2D eigenvalue weighted by molar-refractivity contribution is -0.164. The average molecular weight is 1260 g/mol. The normalized spacial score (nSPS) is 15.9. The molecule has 88 heavy (non-hydrogen) atoms. The van der Waals surface area contributed by atoms with Crippen LogP contribution in [-0.4, -0.2) is 169 Å². The fourth-order valence-corrected chi connectivity index (χ4v) is 11.7. The zero-order valence-electron chi connectivity index (χ0n) is 57.4. The molecule has 0 aliphatic heterocycles. The second-order valence-electron chi connectivity index (χ2n) is 26.1. The fourth-order valence-electron chi connectivity index (χ4n) is 11.7. The summed E-state index contributed by atoms with van der Waals surface area (Å²) in [5, 5.41) is 104. The molecule has 16 heteroatoms. The van der Waals surface area contributed by atoms with E-state index in [0.717, 1.165) is 13.1 Å². The predicted molar refractivity (Wildman–Crippen MR) is 360 cm³/mol. The molecule has 0 amide bonds. The van der Waals surface area contributed by atoms with Crippen molar-refractivity contribution in [2.24, 2.45) is 0 Å². The van der Waals surface area contributed by atoms with Gasteiger partial charge in [-0.3, -0.25) is 9.80 Å². The summed E-state index contributed by atoms with van der Waals surface area (Å²) >= 11 is 0. The van der Waals surface area contributed by atoms with Crippen molar-refractivity contribution in [3.8, 4) is 0 Å². The molecule has 1 aromatic carbocycles. The topological polar surface area (TPSA) is 283 Å². The van der Waals surface area contributed by atoms with E-state index in [0.29, 0.717) is 24.2 Å².